The number of oxazole rings is 1. The van der Waals surface area contributed by atoms with Crippen LogP contribution in [-0.2, 0) is 0 Å². The Balaban J connectivity index is 1.21. The second-order valence-electron chi connectivity index (χ2n) is 11.8. The Morgan fingerprint density at radius 1 is 0.426 bits per heavy atom. The van der Waals surface area contributed by atoms with Crippen molar-refractivity contribution in [3.8, 4) is 55.9 Å². The van der Waals surface area contributed by atoms with Gasteiger partial charge in [-0.3, -0.25) is 0 Å². The summed E-state index contributed by atoms with van der Waals surface area (Å²) in [7, 11) is 0. The maximum Gasteiger partial charge on any atom is 0.181 e. The van der Waals surface area contributed by atoms with Gasteiger partial charge in [-0.1, -0.05) is 146 Å². The van der Waals surface area contributed by atoms with E-state index in [-0.39, 0.29) is 0 Å². The molecule has 2 aromatic heterocycles. The normalized spacial score (nSPS) is 11.4. The van der Waals surface area contributed by atoms with E-state index in [0.717, 1.165) is 55.7 Å². The highest BCUT2D eigenvalue weighted by Gasteiger charge is 2.17. The number of nitrogens with zero attached hydrogens (tertiary/aromatic N) is 2. The first kappa shape index (κ1) is 27.0. The smallest absolute Gasteiger partial charge is 0.181 e. The van der Waals surface area contributed by atoms with Gasteiger partial charge in [-0.15, -0.1) is 0 Å². The molecule has 0 aliphatic carbocycles. The molecule has 220 valence electrons. The molecular formula is C44H28N2O. The van der Waals surface area contributed by atoms with Crippen molar-refractivity contribution in [1.29, 1.82) is 0 Å². The highest BCUT2D eigenvalue weighted by atomic mass is 16.3. The van der Waals surface area contributed by atoms with E-state index in [2.05, 4.69) is 157 Å². The standard InChI is InChI=1S/C44H28N2O/c1-2-11-30(12-3-1)41-26-33-13-5-7-16-37(33)44(46-41)32-20-18-31(19-21-32)43-36-15-6-4-10-29(36)22-24-39(43)38-17-9-8-14-35(38)34-23-25-40-42(27-34)47-28-45-40/h1-28H. The molecule has 0 aliphatic heterocycles. The summed E-state index contributed by atoms with van der Waals surface area (Å²) in [5, 5.41) is 4.74. The van der Waals surface area contributed by atoms with Crippen LogP contribution in [0.5, 0.6) is 0 Å². The SMILES string of the molecule is c1ccc(-c2cc3ccccc3c(-c3ccc(-c4c(-c5ccccc5-c5ccc6ncoc6c5)ccc5ccccc45)cc3)n2)cc1. The van der Waals surface area contributed by atoms with Gasteiger partial charge in [0.15, 0.2) is 12.0 Å². The van der Waals surface area contributed by atoms with Crippen LogP contribution in [0.4, 0.5) is 0 Å². The van der Waals surface area contributed by atoms with Gasteiger partial charge in [0.2, 0.25) is 0 Å². The minimum Gasteiger partial charge on any atom is -0.443 e. The molecule has 0 aliphatic rings. The molecular weight excluding hydrogens is 572 g/mol. The summed E-state index contributed by atoms with van der Waals surface area (Å²) in [6, 6.07) is 58.0. The molecule has 3 heteroatoms. The van der Waals surface area contributed by atoms with Crippen molar-refractivity contribution < 1.29 is 4.42 Å². The largest absolute Gasteiger partial charge is 0.443 e. The lowest BCUT2D eigenvalue weighted by Gasteiger charge is -2.18. The van der Waals surface area contributed by atoms with Crippen LogP contribution < -0.4 is 0 Å². The topological polar surface area (TPSA) is 38.9 Å². The van der Waals surface area contributed by atoms with Crippen molar-refractivity contribution >= 4 is 32.6 Å². The Morgan fingerprint density at radius 3 is 1.96 bits per heavy atom. The third-order valence-electron chi connectivity index (χ3n) is 9.05. The zero-order valence-electron chi connectivity index (χ0n) is 25.5. The fourth-order valence-corrected chi connectivity index (χ4v) is 6.77. The first-order chi connectivity index (χ1) is 23.3. The van der Waals surface area contributed by atoms with Crippen molar-refractivity contribution in [2.45, 2.75) is 0 Å². The second kappa shape index (κ2) is 11.2. The fourth-order valence-electron chi connectivity index (χ4n) is 6.77. The summed E-state index contributed by atoms with van der Waals surface area (Å²) >= 11 is 0. The molecule has 0 bridgehead atoms. The van der Waals surface area contributed by atoms with Crippen molar-refractivity contribution in [2.75, 3.05) is 0 Å². The summed E-state index contributed by atoms with van der Waals surface area (Å²) in [4.78, 5) is 9.53. The van der Waals surface area contributed by atoms with Crippen LogP contribution in [0.3, 0.4) is 0 Å². The van der Waals surface area contributed by atoms with Crippen molar-refractivity contribution in [2.24, 2.45) is 0 Å². The maximum atomic E-state index is 5.67. The van der Waals surface area contributed by atoms with E-state index in [0.29, 0.717) is 0 Å². The van der Waals surface area contributed by atoms with Gasteiger partial charge >= 0.3 is 0 Å². The van der Waals surface area contributed by atoms with E-state index in [1.807, 2.05) is 12.1 Å². The van der Waals surface area contributed by atoms with Gasteiger partial charge in [-0.25, -0.2) is 9.97 Å². The second-order valence-corrected chi connectivity index (χ2v) is 11.8. The Labute approximate surface area is 272 Å². The summed E-state index contributed by atoms with van der Waals surface area (Å²) in [6.07, 6.45) is 1.50. The van der Waals surface area contributed by atoms with E-state index >= 15 is 0 Å². The first-order valence-electron chi connectivity index (χ1n) is 15.8. The number of fused-ring (bicyclic) bond motifs is 3. The molecule has 9 rings (SSSR count). The molecule has 0 spiro atoms. The summed E-state index contributed by atoms with van der Waals surface area (Å²) in [6.45, 7) is 0. The zero-order valence-corrected chi connectivity index (χ0v) is 25.5. The van der Waals surface area contributed by atoms with E-state index in [9.17, 15) is 0 Å². The average Bonchev–Trinajstić information content (AvgIpc) is 3.63. The van der Waals surface area contributed by atoms with Crippen LogP contribution in [-0.4, -0.2) is 9.97 Å². The zero-order chi connectivity index (χ0) is 31.2. The lowest BCUT2D eigenvalue weighted by Crippen LogP contribution is -1.93. The molecule has 0 radical (unpaired) electrons. The quantitative estimate of drug-likeness (QED) is 0.197. The van der Waals surface area contributed by atoms with Gasteiger partial charge in [0, 0.05) is 16.5 Å². The lowest BCUT2D eigenvalue weighted by molar-refractivity contribution is 0.602. The predicted octanol–water partition coefficient (Wildman–Crippen LogP) is 11.9. The van der Waals surface area contributed by atoms with Crippen LogP contribution in [0.1, 0.15) is 0 Å². The molecule has 0 saturated heterocycles. The predicted molar refractivity (Wildman–Crippen MR) is 194 cm³/mol. The molecule has 47 heavy (non-hydrogen) atoms. The lowest BCUT2D eigenvalue weighted by atomic mass is 9.86. The third kappa shape index (κ3) is 4.77. The van der Waals surface area contributed by atoms with Gasteiger partial charge in [0.25, 0.3) is 0 Å². The van der Waals surface area contributed by atoms with Gasteiger partial charge in [-0.2, -0.15) is 0 Å². The molecule has 2 heterocycles. The Kier molecular flexibility index (Phi) is 6.46. The summed E-state index contributed by atoms with van der Waals surface area (Å²) in [5.41, 5.74) is 12.7. The molecule has 0 N–H and O–H groups in total. The van der Waals surface area contributed by atoms with Crippen molar-refractivity contribution in [1.82, 2.24) is 9.97 Å². The summed E-state index contributed by atoms with van der Waals surface area (Å²) in [5.74, 6) is 0. The van der Waals surface area contributed by atoms with E-state index in [1.165, 1.54) is 39.2 Å². The summed E-state index contributed by atoms with van der Waals surface area (Å²) < 4.78 is 5.67. The Bertz CT molecular complexity index is 2560. The van der Waals surface area contributed by atoms with Crippen LogP contribution in [0.2, 0.25) is 0 Å². The number of aromatic nitrogens is 2. The highest BCUT2D eigenvalue weighted by molar-refractivity contribution is 6.06. The van der Waals surface area contributed by atoms with Gasteiger partial charge < -0.3 is 4.42 Å². The molecule has 0 atom stereocenters. The van der Waals surface area contributed by atoms with Crippen LogP contribution in [0.25, 0.3) is 88.5 Å². The van der Waals surface area contributed by atoms with Crippen LogP contribution in [0, 0.1) is 0 Å². The van der Waals surface area contributed by atoms with Crippen LogP contribution in [0.15, 0.2) is 175 Å². The van der Waals surface area contributed by atoms with Gasteiger partial charge in [-0.05, 0) is 67.7 Å². The van der Waals surface area contributed by atoms with E-state index in [1.54, 1.807) is 0 Å². The minimum absolute atomic E-state index is 0.782. The number of pyridine rings is 1. The Hall–Kier alpha value is -6.32. The minimum atomic E-state index is 0.782. The molecule has 9 aromatic rings. The van der Waals surface area contributed by atoms with Crippen molar-refractivity contribution in [3.63, 3.8) is 0 Å². The third-order valence-corrected chi connectivity index (χ3v) is 9.05. The highest BCUT2D eigenvalue weighted by Crippen LogP contribution is 2.43. The fraction of sp³-hybridized carbons (Fsp3) is 0. The molecule has 7 aromatic carbocycles. The maximum absolute atomic E-state index is 5.67. The van der Waals surface area contributed by atoms with E-state index in [4.69, 9.17) is 9.40 Å². The van der Waals surface area contributed by atoms with Gasteiger partial charge in [0.05, 0.1) is 11.4 Å². The first-order valence-corrected chi connectivity index (χ1v) is 15.8. The monoisotopic (exact) mass is 600 g/mol. The average molecular weight is 601 g/mol. The van der Waals surface area contributed by atoms with Crippen molar-refractivity contribution in [3.05, 3.63) is 170 Å². The Morgan fingerprint density at radius 2 is 1.11 bits per heavy atom. The number of hydrogen-bond acceptors (Lipinski definition) is 3. The molecule has 0 amide bonds. The molecule has 0 fully saturated rings. The van der Waals surface area contributed by atoms with E-state index < -0.39 is 0 Å². The molecule has 0 unspecified atom stereocenters. The number of hydrogen-bond donors (Lipinski definition) is 0. The van der Waals surface area contributed by atoms with Crippen LogP contribution >= 0.6 is 0 Å². The van der Waals surface area contributed by atoms with Gasteiger partial charge in [0.1, 0.15) is 5.52 Å². The molecule has 3 nitrogen and oxygen atoms in total. The number of benzene rings is 7. The molecule has 0 saturated carbocycles. The number of rotatable bonds is 5.